The van der Waals surface area contributed by atoms with E-state index in [0.717, 1.165) is 17.7 Å². The summed E-state index contributed by atoms with van der Waals surface area (Å²) in [6, 6.07) is 9.54. The molecule has 0 saturated carbocycles. The molecular weight excluding hydrogens is 394 g/mol. The van der Waals surface area contributed by atoms with E-state index in [9.17, 15) is 13.2 Å². The smallest absolute Gasteiger partial charge is 0.269 e. The highest BCUT2D eigenvalue weighted by molar-refractivity contribution is 7.89. The molecule has 3 rings (SSSR count). The van der Waals surface area contributed by atoms with Gasteiger partial charge < -0.3 is 0 Å². The number of hydrazine groups is 1. The van der Waals surface area contributed by atoms with Gasteiger partial charge in [0, 0.05) is 18.7 Å². The number of carbonyl (C=O) groups is 1. The fourth-order valence-corrected chi connectivity index (χ4v) is 5.15. The molecule has 1 amide bonds. The summed E-state index contributed by atoms with van der Waals surface area (Å²) in [5, 5.41) is 0. The number of carbonyl (C=O) groups excluding carboxylic acids is 1. The minimum Gasteiger partial charge on any atom is -0.298 e. The maximum absolute atomic E-state index is 12.6. The number of hydrogen-bond acceptors (Lipinski definition) is 5. The van der Waals surface area contributed by atoms with Gasteiger partial charge >= 0.3 is 0 Å². The Hall–Kier alpha value is -1.87. The highest BCUT2D eigenvalue weighted by Crippen LogP contribution is 2.25. The molecule has 0 unspecified atom stereocenters. The van der Waals surface area contributed by atoms with Crippen molar-refractivity contribution in [1.82, 2.24) is 15.2 Å². The van der Waals surface area contributed by atoms with Gasteiger partial charge in [0.15, 0.2) is 0 Å². The summed E-state index contributed by atoms with van der Waals surface area (Å²) in [6.07, 6.45) is 1.72. The molecule has 2 aromatic rings. The lowest BCUT2D eigenvalue weighted by Crippen LogP contribution is -2.36. The summed E-state index contributed by atoms with van der Waals surface area (Å²) in [5.41, 5.74) is 5.98. The van der Waals surface area contributed by atoms with Crippen LogP contribution >= 0.6 is 22.9 Å². The van der Waals surface area contributed by atoms with Gasteiger partial charge in [-0.3, -0.25) is 15.6 Å². The summed E-state index contributed by atoms with van der Waals surface area (Å²) in [7, 11) is -3.56. The maximum atomic E-state index is 12.6. The van der Waals surface area contributed by atoms with Gasteiger partial charge in [-0.2, -0.15) is 4.31 Å². The molecule has 1 aliphatic rings. The van der Waals surface area contributed by atoms with Crippen LogP contribution in [0.1, 0.15) is 28.1 Å². The summed E-state index contributed by atoms with van der Waals surface area (Å²) < 4.78 is 27.3. The highest BCUT2D eigenvalue weighted by atomic mass is 35.5. The van der Waals surface area contributed by atoms with Crippen LogP contribution in [0.2, 0.25) is 4.34 Å². The third-order valence-electron chi connectivity index (χ3n) is 4.00. The number of rotatable bonds is 6. The number of thiophene rings is 1. The lowest BCUT2D eigenvalue weighted by molar-refractivity contribution is 0.0942. The molecule has 9 heteroatoms. The average molecular weight is 412 g/mol. The van der Waals surface area contributed by atoms with Crippen molar-refractivity contribution in [2.45, 2.75) is 17.7 Å². The third-order valence-corrected chi connectivity index (χ3v) is 7.18. The Morgan fingerprint density at radius 3 is 2.54 bits per heavy atom. The second-order valence-electron chi connectivity index (χ2n) is 5.80. The van der Waals surface area contributed by atoms with Gasteiger partial charge in [0.1, 0.15) is 0 Å². The summed E-state index contributed by atoms with van der Waals surface area (Å²) in [5.74, 6) is -0.452. The van der Waals surface area contributed by atoms with Crippen LogP contribution in [-0.4, -0.2) is 31.7 Å². The molecular formula is C17H18ClN3O3S2. The molecule has 6 nitrogen and oxygen atoms in total. The van der Waals surface area contributed by atoms with Crippen molar-refractivity contribution in [2.75, 3.05) is 13.1 Å². The lowest BCUT2D eigenvalue weighted by Gasteiger charge is -2.16. The molecule has 0 atom stereocenters. The number of sulfonamides is 1. The first-order valence-electron chi connectivity index (χ1n) is 7.99. The monoisotopic (exact) mass is 411 g/mol. The normalized spacial score (nSPS) is 15.0. The molecule has 1 aromatic heterocycles. The van der Waals surface area contributed by atoms with Crippen molar-refractivity contribution in [3.05, 3.63) is 57.8 Å². The number of nitrogens with zero attached hydrogens (tertiary/aromatic N) is 1. The van der Waals surface area contributed by atoms with E-state index in [1.807, 2.05) is 0 Å². The van der Waals surface area contributed by atoms with E-state index >= 15 is 0 Å². The van der Waals surface area contributed by atoms with Crippen molar-refractivity contribution < 1.29 is 13.2 Å². The quantitative estimate of drug-likeness (QED) is 0.716. The largest absolute Gasteiger partial charge is 0.298 e. The van der Waals surface area contributed by atoms with E-state index in [4.69, 9.17) is 11.6 Å². The zero-order valence-corrected chi connectivity index (χ0v) is 16.3. The molecule has 2 N–H and O–H groups in total. The van der Waals surface area contributed by atoms with Gasteiger partial charge in [-0.15, -0.1) is 11.3 Å². The second-order valence-corrected chi connectivity index (χ2v) is 9.45. The average Bonchev–Trinajstić information content (AvgIpc) is 3.31. The molecule has 2 heterocycles. The first-order chi connectivity index (χ1) is 12.4. The zero-order chi connectivity index (χ0) is 18.7. The van der Waals surface area contributed by atoms with Crippen LogP contribution in [0.4, 0.5) is 0 Å². The number of halogens is 1. The van der Waals surface area contributed by atoms with E-state index in [1.54, 1.807) is 24.3 Å². The number of hydrogen-bond donors (Lipinski definition) is 2. The molecule has 138 valence electrons. The SMILES string of the molecule is C=C(NNC(=O)c1cccc(S(=O)(=O)N2CCCC2)c1)c1ccc(Cl)s1. The van der Waals surface area contributed by atoms with Crippen LogP contribution in [0.25, 0.3) is 5.70 Å². The van der Waals surface area contributed by atoms with Crippen LogP contribution in [0.5, 0.6) is 0 Å². The van der Waals surface area contributed by atoms with Gasteiger partial charge in [0.25, 0.3) is 5.91 Å². The van der Waals surface area contributed by atoms with E-state index in [2.05, 4.69) is 17.4 Å². The van der Waals surface area contributed by atoms with Crippen LogP contribution in [0.3, 0.4) is 0 Å². The van der Waals surface area contributed by atoms with Crippen LogP contribution in [0.15, 0.2) is 47.9 Å². The van der Waals surface area contributed by atoms with Gasteiger partial charge in [0.2, 0.25) is 10.0 Å². The van der Waals surface area contributed by atoms with E-state index in [1.165, 1.54) is 27.8 Å². The summed E-state index contributed by atoms with van der Waals surface area (Å²) in [6.45, 7) is 4.87. The van der Waals surface area contributed by atoms with Crippen molar-refractivity contribution >= 4 is 44.6 Å². The van der Waals surface area contributed by atoms with E-state index in [0.29, 0.717) is 23.1 Å². The zero-order valence-electron chi connectivity index (χ0n) is 13.9. The van der Waals surface area contributed by atoms with Gasteiger partial charge in [-0.1, -0.05) is 24.2 Å². The molecule has 0 aliphatic carbocycles. The van der Waals surface area contributed by atoms with Crippen molar-refractivity contribution in [2.24, 2.45) is 0 Å². The molecule has 1 saturated heterocycles. The number of benzene rings is 1. The Balaban J connectivity index is 1.69. The molecule has 26 heavy (non-hydrogen) atoms. The van der Waals surface area contributed by atoms with E-state index < -0.39 is 15.9 Å². The summed E-state index contributed by atoms with van der Waals surface area (Å²) in [4.78, 5) is 13.3. The van der Waals surface area contributed by atoms with Crippen molar-refractivity contribution in [3.63, 3.8) is 0 Å². The summed E-state index contributed by atoms with van der Waals surface area (Å²) >= 11 is 7.21. The first-order valence-corrected chi connectivity index (χ1v) is 10.6. The van der Waals surface area contributed by atoms with Crippen molar-refractivity contribution in [3.8, 4) is 0 Å². The topological polar surface area (TPSA) is 78.5 Å². The Kier molecular flexibility index (Phi) is 5.67. The molecule has 0 spiro atoms. The predicted molar refractivity (Wildman–Crippen MR) is 103 cm³/mol. The fourth-order valence-electron chi connectivity index (χ4n) is 2.62. The lowest BCUT2D eigenvalue weighted by atomic mass is 10.2. The molecule has 0 bridgehead atoms. The minimum atomic E-state index is -3.56. The minimum absolute atomic E-state index is 0.121. The standard InChI is InChI=1S/C17H18ClN3O3S2/c1-12(15-7-8-16(18)25-15)19-20-17(22)13-5-4-6-14(11-13)26(23,24)21-9-2-3-10-21/h4-8,11,19H,1-3,9-10H2,(H,20,22). The fraction of sp³-hybridized carbons (Fsp3) is 0.235. The predicted octanol–water partition coefficient (Wildman–Crippen LogP) is 3.09. The molecule has 0 radical (unpaired) electrons. The second kappa shape index (κ2) is 7.79. The van der Waals surface area contributed by atoms with Gasteiger partial charge in [-0.05, 0) is 43.2 Å². The van der Waals surface area contributed by atoms with E-state index in [-0.39, 0.29) is 10.5 Å². The van der Waals surface area contributed by atoms with Crippen LogP contribution < -0.4 is 10.9 Å². The Morgan fingerprint density at radius 1 is 1.15 bits per heavy atom. The number of amides is 1. The highest BCUT2D eigenvalue weighted by Gasteiger charge is 2.27. The first kappa shape index (κ1) is 18.9. The third kappa shape index (κ3) is 4.09. The molecule has 1 aliphatic heterocycles. The Labute approximate surface area is 161 Å². The van der Waals surface area contributed by atoms with Crippen LogP contribution in [0, 0.1) is 0 Å². The molecule has 1 fully saturated rings. The molecule has 1 aromatic carbocycles. The van der Waals surface area contributed by atoms with Crippen molar-refractivity contribution in [1.29, 1.82) is 0 Å². The Morgan fingerprint density at radius 2 is 1.88 bits per heavy atom. The van der Waals surface area contributed by atoms with Gasteiger partial charge in [0.05, 0.1) is 19.8 Å². The van der Waals surface area contributed by atoms with Crippen LogP contribution in [-0.2, 0) is 10.0 Å². The Bertz CT molecular complexity index is 934. The van der Waals surface area contributed by atoms with Gasteiger partial charge in [-0.25, -0.2) is 8.42 Å². The maximum Gasteiger partial charge on any atom is 0.269 e. The number of nitrogens with one attached hydrogen (secondary N) is 2.